The van der Waals surface area contributed by atoms with Crippen LogP contribution in [0.5, 0.6) is 5.75 Å². The molecule has 0 radical (unpaired) electrons. The Kier molecular flexibility index (Phi) is 7.25. The van der Waals surface area contributed by atoms with E-state index < -0.39 is 0 Å². The number of phenolic OH excluding ortho intramolecular Hbond substituents is 1. The molecule has 0 heterocycles. The summed E-state index contributed by atoms with van der Waals surface area (Å²) in [5, 5.41) is 9.72. The number of nitrogens with zero attached hydrogens (tertiary/aromatic N) is 1. The molecule has 1 N–H and O–H groups in total. The highest BCUT2D eigenvalue weighted by Crippen LogP contribution is 2.21. The minimum atomic E-state index is -0.140. The molecule has 1 aromatic carbocycles. The lowest BCUT2D eigenvalue weighted by Gasteiger charge is -2.28. The molecule has 0 fully saturated rings. The third-order valence-corrected chi connectivity index (χ3v) is 3.84. The second-order valence-corrected chi connectivity index (χ2v) is 5.62. The number of phenols is 1. The van der Waals surface area contributed by atoms with E-state index in [1.54, 1.807) is 31.3 Å². The first kappa shape index (κ1) is 17.2. The van der Waals surface area contributed by atoms with Gasteiger partial charge in [0, 0.05) is 26.3 Å². The predicted molar refractivity (Wildman–Crippen MR) is 85.1 cm³/mol. The molecule has 0 saturated carbocycles. The molecule has 20 heavy (non-hydrogen) atoms. The Hall–Kier alpha value is -0.860. The van der Waals surface area contributed by atoms with Crippen molar-refractivity contribution in [2.45, 2.75) is 13.0 Å². The quantitative estimate of drug-likeness (QED) is 0.722. The fourth-order valence-electron chi connectivity index (χ4n) is 1.85. The van der Waals surface area contributed by atoms with E-state index in [4.69, 9.17) is 9.47 Å². The van der Waals surface area contributed by atoms with Crippen LogP contribution in [0.1, 0.15) is 17.3 Å². The van der Waals surface area contributed by atoms with Gasteiger partial charge in [-0.2, -0.15) is 0 Å². The summed E-state index contributed by atoms with van der Waals surface area (Å²) in [4.78, 5) is 14.2. The maximum absolute atomic E-state index is 12.5. The Labute approximate surface area is 133 Å². The molecule has 0 aliphatic heterocycles. The van der Waals surface area contributed by atoms with Crippen molar-refractivity contribution >= 4 is 28.5 Å². The molecule has 112 valence electrons. The molecule has 0 spiro atoms. The second-order valence-electron chi connectivity index (χ2n) is 4.46. The van der Waals surface area contributed by atoms with Crippen LogP contribution in [0.4, 0.5) is 0 Å². The summed E-state index contributed by atoms with van der Waals surface area (Å²) in [6.45, 7) is 3.30. The number of benzene rings is 1. The molecular formula is C14H20INO4. The van der Waals surface area contributed by atoms with E-state index in [1.807, 2.05) is 29.5 Å². The minimum absolute atomic E-state index is 0.0657. The summed E-state index contributed by atoms with van der Waals surface area (Å²) in [5.41, 5.74) is 0.460. The number of amides is 1. The molecular weight excluding hydrogens is 373 g/mol. The average Bonchev–Trinajstić information content (AvgIpc) is 2.42. The maximum atomic E-state index is 12.5. The van der Waals surface area contributed by atoms with E-state index in [-0.39, 0.29) is 17.7 Å². The zero-order valence-electron chi connectivity index (χ0n) is 11.9. The van der Waals surface area contributed by atoms with Crippen LogP contribution in [0, 0.1) is 3.57 Å². The summed E-state index contributed by atoms with van der Waals surface area (Å²) >= 11 is 2.02. The molecule has 6 heteroatoms. The van der Waals surface area contributed by atoms with E-state index >= 15 is 0 Å². The summed E-state index contributed by atoms with van der Waals surface area (Å²) in [6.07, 6.45) is 0. The number of hydrogen-bond donors (Lipinski definition) is 1. The normalized spacial score (nSPS) is 12.2. The second kappa shape index (κ2) is 8.43. The first-order chi connectivity index (χ1) is 9.51. The van der Waals surface area contributed by atoms with Crippen molar-refractivity contribution in [2.24, 2.45) is 0 Å². The van der Waals surface area contributed by atoms with Gasteiger partial charge in [0.05, 0.1) is 22.8 Å². The SMILES string of the molecule is COCCN(C(=O)c1ccc(I)c(O)c1)C(C)COC. The molecule has 0 saturated heterocycles. The number of hydrogen-bond acceptors (Lipinski definition) is 4. The van der Waals surface area contributed by atoms with Crippen LogP contribution in [0.15, 0.2) is 18.2 Å². The molecule has 0 bridgehead atoms. The highest BCUT2D eigenvalue weighted by atomic mass is 127. The van der Waals surface area contributed by atoms with Gasteiger partial charge in [-0.05, 0) is 47.7 Å². The van der Waals surface area contributed by atoms with E-state index in [1.165, 1.54) is 6.07 Å². The van der Waals surface area contributed by atoms with Crippen molar-refractivity contribution < 1.29 is 19.4 Å². The average molecular weight is 393 g/mol. The molecule has 1 unspecified atom stereocenters. The number of methoxy groups -OCH3 is 2. The van der Waals surface area contributed by atoms with Gasteiger partial charge < -0.3 is 19.5 Å². The largest absolute Gasteiger partial charge is 0.507 e. The summed E-state index contributed by atoms with van der Waals surface area (Å²) < 4.78 is 10.9. The van der Waals surface area contributed by atoms with Gasteiger partial charge in [-0.1, -0.05) is 0 Å². The fraction of sp³-hybridized carbons (Fsp3) is 0.500. The maximum Gasteiger partial charge on any atom is 0.254 e. The van der Waals surface area contributed by atoms with Crippen LogP contribution in [-0.4, -0.2) is 55.9 Å². The third-order valence-electron chi connectivity index (χ3n) is 2.93. The summed E-state index contributed by atoms with van der Waals surface area (Å²) in [7, 11) is 3.20. The molecule has 1 rings (SSSR count). The monoisotopic (exact) mass is 393 g/mol. The van der Waals surface area contributed by atoms with Gasteiger partial charge in [0.25, 0.3) is 5.91 Å². The standard InChI is InChI=1S/C14H20INO4/c1-10(9-20-3)16(6-7-19-2)14(18)11-4-5-12(15)13(17)8-11/h4-5,8,10,17H,6-7,9H2,1-3H3. The van der Waals surface area contributed by atoms with Gasteiger partial charge in [0.1, 0.15) is 5.75 Å². The topological polar surface area (TPSA) is 59.0 Å². The Morgan fingerprint density at radius 3 is 2.65 bits per heavy atom. The summed E-state index contributed by atoms with van der Waals surface area (Å²) in [5.74, 6) is -0.0270. The third kappa shape index (κ3) is 4.60. The Morgan fingerprint density at radius 2 is 2.10 bits per heavy atom. The smallest absolute Gasteiger partial charge is 0.254 e. The first-order valence-electron chi connectivity index (χ1n) is 6.28. The van der Waals surface area contributed by atoms with Crippen LogP contribution in [0.3, 0.4) is 0 Å². The number of halogens is 1. The first-order valence-corrected chi connectivity index (χ1v) is 7.36. The van der Waals surface area contributed by atoms with Crippen molar-refractivity contribution in [3.05, 3.63) is 27.3 Å². The fourth-order valence-corrected chi connectivity index (χ4v) is 2.19. The van der Waals surface area contributed by atoms with Crippen molar-refractivity contribution in [3.8, 4) is 5.75 Å². The van der Waals surface area contributed by atoms with Crippen molar-refractivity contribution in [1.29, 1.82) is 0 Å². The Bertz CT molecular complexity index is 453. The lowest BCUT2D eigenvalue weighted by atomic mass is 10.1. The zero-order chi connectivity index (χ0) is 15.1. The molecule has 1 amide bonds. The predicted octanol–water partition coefficient (Wildman–Crippen LogP) is 2.12. The van der Waals surface area contributed by atoms with Crippen LogP contribution < -0.4 is 0 Å². The van der Waals surface area contributed by atoms with Gasteiger partial charge in [0.2, 0.25) is 0 Å². The lowest BCUT2D eigenvalue weighted by molar-refractivity contribution is 0.0479. The lowest BCUT2D eigenvalue weighted by Crippen LogP contribution is -2.43. The Morgan fingerprint density at radius 1 is 1.40 bits per heavy atom. The van der Waals surface area contributed by atoms with E-state index in [2.05, 4.69) is 0 Å². The molecule has 5 nitrogen and oxygen atoms in total. The van der Waals surface area contributed by atoms with Gasteiger partial charge in [-0.25, -0.2) is 0 Å². The molecule has 0 aliphatic carbocycles. The highest BCUT2D eigenvalue weighted by molar-refractivity contribution is 14.1. The van der Waals surface area contributed by atoms with Gasteiger partial charge in [0.15, 0.2) is 0 Å². The number of carbonyl (C=O) groups excluding carboxylic acids is 1. The summed E-state index contributed by atoms with van der Waals surface area (Å²) in [6, 6.07) is 4.86. The van der Waals surface area contributed by atoms with E-state index in [9.17, 15) is 9.90 Å². The number of ether oxygens (including phenoxy) is 2. The number of rotatable bonds is 7. The number of carbonyl (C=O) groups is 1. The molecule has 1 atom stereocenters. The molecule has 0 aromatic heterocycles. The minimum Gasteiger partial charge on any atom is -0.507 e. The van der Waals surface area contributed by atoms with E-state index in [0.29, 0.717) is 28.9 Å². The van der Waals surface area contributed by atoms with Gasteiger partial charge in [-0.3, -0.25) is 4.79 Å². The van der Waals surface area contributed by atoms with Crippen LogP contribution in [-0.2, 0) is 9.47 Å². The highest BCUT2D eigenvalue weighted by Gasteiger charge is 2.21. The van der Waals surface area contributed by atoms with Crippen molar-refractivity contribution in [3.63, 3.8) is 0 Å². The van der Waals surface area contributed by atoms with Crippen LogP contribution >= 0.6 is 22.6 Å². The van der Waals surface area contributed by atoms with Gasteiger partial charge in [-0.15, -0.1) is 0 Å². The Balaban J connectivity index is 2.93. The van der Waals surface area contributed by atoms with Crippen molar-refractivity contribution in [1.82, 2.24) is 4.90 Å². The zero-order valence-corrected chi connectivity index (χ0v) is 14.1. The molecule has 1 aromatic rings. The van der Waals surface area contributed by atoms with Crippen LogP contribution in [0.25, 0.3) is 0 Å². The molecule has 0 aliphatic rings. The van der Waals surface area contributed by atoms with Gasteiger partial charge >= 0.3 is 0 Å². The van der Waals surface area contributed by atoms with Crippen molar-refractivity contribution in [2.75, 3.05) is 34.0 Å². The number of aromatic hydroxyl groups is 1. The van der Waals surface area contributed by atoms with E-state index in [0.717, 1.165) is 0 Å². The van der Waals surface area contributed by atoms with Crippen LogP contribution in [0.2, 0.25) is 0 Å².